The lowest BCUT2D eigenvalue weighted by molar-refractivity contribution is -0.141. The van der Waals surface area contributed by atoms with Gasteiger partial charge in [-0.15, -0.1) is 0 Å². The molecule has 0 fully saturated rings. The summed E-state index contributed by atoms with van der Waals surface area (Å²) in [6.45, 7) is 4.59. The van der Waals surface area contributed by atoms with Crippen LogP contribution in [0.5, 0.6) is 0 Å². The molecule has 0 spiro atoms. The normalized spacial score (nSPS) is 17.3. The third-order valence-electron chi connectivity index (χ3n) is 5.52. The zero-order chi connectivity index (χ0) is 24.1. The average molecular weight is 482 g/mol. The van der Waals surface area contributed by atoms with Crippen molar-refractivity contribution in [3.63, 3.8) is 0 Å². The zero-order valence-corrected chi connectivity index (χ0v) is 20.2. The minimum Gasteiger partial charge on any atom is -0.467 e. The quantitative estimate of drug-likeness (QED) is 0.426. The van der Waals surface area contributed by atoms with Crippen LogP contribution >= 0.6 is 11.8 Å². The highest BCUT2D eigenvalue weighted by Crippen LogP contribution is 2.44. The number of benzene rings is 1. The standard InChI is InChI=1S/C25H27N3O5S/c1-16-6-8-18(9-7-16)23-22(24(30)33-12-11-31-3)17(2)27-25-28(23)19(15-34-25)13-21(29)26-14-20-5-4-10-32-20/h4-10,15,23H,11-14H2,1-3H3,(H,26,29). The Bertz CT molecular complexity index is 1140. The summed E-state index contributed by atoms with van der Waals surface area (Å²) in [7, 11) is 1.56. The third-order valence-corrected chi connectivity index (χ3v) is 6.40. The number of thioether (sulfide) groups is 1. The number of fused-ring (bicyclic) bond motifs is 1. The number of furan rings is 1. The molecule has 9 heteroatoms. The molecule has 178 valence electrons. The van der Waals surface area contributed by atoms with Gasteiger partial charge in [0.05, 0.1) is 43.1 Å². The second kappa shape index (κ2) is 10.8. The number of hydrogen-bond acceptors (Lipinski definition) is 8. The number of nitrogens with zero attached hydrogens (tertiary/aromatic N) is 2. The minimum atomic E-state index is -0.456. The molecule has 4 rings (SSSR count). The van der Waals surface area contributed by atoms with Crippen LogP contribution in [0, 0.1) is 6.92 Å². The molecule has 3 heterocycles. The summed E-state index contributed by atoms with van der Waals surface area (Å²) in [5.74, 6) is 0.0876. The fourth-order valence-corrected chi connectivity index (χ4v) is 4.78. The van der Waals surface area contributed by atoms with E-state index in [9.17, 15) is 9.59 Å². The predicted octanol–water partition coefficient (Wildman–Crippen LogP) is 4.06. The highest BCUT2D eigenvalue weighted by atomic mass is 32.2. The van der Waals surface area contributed by atoms with E-state index in [1.54, 1.807) is 19.4 Å². The summed E-state index contributed by atoms with van der Waals surface area (Å²) in [6, 6.07) is 11.1. The van der Waals surface area contributed by atoms with Crippen LogP contribution in [0.4, 0.5) is 0 Å². The van der Waals surface area contributed by atoms with E-state index < -0.39 is 12.0 Å². The van der Waals surface area contributed by atoms with Crippen molar-refractivity contribution in [2.24, 2.45) is 4.99 Å². The Balaban J connectivity index is 1.60. The monoisotopic (exact) mass is 481 g/mol. The SMILES string of the molecule is COCCOC(=O)C1=C(C)N=C2SC=C(CC(=O)NCc3ccco3)N2C1c1ccc(C)cc1. The summed E-state index contributed by atoms with van der Waals surface area (Å²) < 4.78 is 15.8. The van der Waals surface area contributed by atoms with E-state index in [2.05, 4.69) is 10.3 Å². The van der Waals surface area contributed by atoms with Crippen LogP contribution in [-0.2, 0) is 25.6 Å². The predicted molar refractivity (Wildman–Crippen MR) is 130 cm³/mol. The van der Waals surface area contributed by atoms with Crippen molar-refractivity contribution in [1.29, 1.82) is 0 Å². The molecule has 0 saturated carbocycles. The molecule has 1 aromatic heterocycles. The number of amidine groups is 1. The lowest BCUT2D eigenvalue weighted by Gasteiger charge is -2.36. The molecule has 8 nitrogen and oxygen atoms in total. The van der Waals surface area contributed by atoms with Gasteiger partial charge in [0.25, 0.3) is 0 Å². The van der Waals surface area contributed by atoms with Crippen molar-refractivity contribution in [3.05, 3.63) is 81.9 Å². The van der Waals surface area contributed by atoms with Crippen LogP contribution in [0.1, 0.15) is 36.3 Å². The Hall–Kier alpha value is -3.30. The van der Waals surface area contributed by atoms with E-state index in [1.807, 2.05) is 54.5 Å². The Morgan fingerprint density at radius 1 is 1.18 bits per heavy atom. The smallest absolute Gasteiger partial charge is 0.338 e. The first-order chi connectivity index (χ1) is 16.5. The molecule has 0 bridgehead atoms. The second-order valence-electron chi connectivity index (χ2n) is 7.97. The molecular weight excluding hydrogens is 454 g/mol. The molecule has 1 atom stereocenters. The topological polar surface area (TPSA) is 93.4 Å². The van der Waals surface area contributed by atoms with E-state index in [-0.39, 0.29) is 18.9 Å². The van der Waals surface area contributed by atoms with Crippen LogP contribution in [0.3, 0.4) is 0 Å². The Kier molecular flexibility index (Phi) is 7.54. The van der Waals surface area contributed by atoms with E-state index in [0.29, 0.717) is 30.2 Å². The van der Waals surface area contributed by atoms with Gasteiger partial charge >= 0.3 is 5.97 Å². The molecule has 0 aliphatic carbocycles. The van der Waals surface area contributed by atoms with Crippen molar-refractivity contribution < 1.29 is 23.5 Å². The summed E-state index contributed by atoms with van der Waals surface area (Å²) in [5, 5.41) is 5.52. The first kappa shape index (κ1) is 23.8. The summed E-state index contributed by atoms with van der Waals surface area (Å²) in [5.41, 5.74) is 3.85. The van der Waals surface area contributed by atoms with Crippen LogP contribution in [0.15, 0.2) is 74.4 Å². The first-order valence-corrected chi connectivity index (χ1v) is 11.8. The molecule has 34 heavy (non-hydrogen) atoms. The zero-order valence-electron chi connectivity index (χ0n) is 19.4. The lowest BCUT2D eigenvalue weighted by atomic mass is 9.93. The molecule has 0 radical (unpaired) electrons. The van der Waals surface area contributed by atoms with Gasteiger partial charge in [-0.2, -0.15) is 0 Å². The Labute approximate surface area is 202 Å². The number of ether oxygens (including phenoxy) is 2. The van der Waals surface area contributed by atoms with Gasteiger partial charge in [-0.3, -0.25) is 4.79 Å². The number of carbonyl (C=O) groups is 2. The van der Waals surface area contributed by atoms with E-state index in [1.165, 1.54) is 11.8 Å². The summed E-state index contributed by atoms with van der Waals surface area (Å²) in [6.07, 6.45) is 1.71. The lowest BCUT2D eigenvalue weighted by Crippen LogP contribution is -2.38. The Morgan fingerprint density at radius 2 is 1.97 bits per heavy atom. The number of methoxy groups -OCH3 is 1. The number of esters is 1. The molecule has 1 amide bonds. The minimum absolute atomic E-state index is 0.139. The van der Waals surface area contributed by atoms with Gasteiger partial charge in [0, 0.05) is 12.8 Å². The van der Waals surface area contributed by atoms with E-state index in [0.717, 1.165) is 22.0 Å². The van der Waals surface area contributed by atoms with Crippen molar-refractivity contribution in [3.8, 4) is 0 Å². The molecule has 2 aliphatic rings. The van der Waals surface area contributed by atoms with Crippen LogP contribution in [0.25, 0.3) is 0 Å². The first-order valence-electron chi connectivity index (χ1n) is 10.9. The van der Waals surface area contributed by atoms with Crippen LogP contribution < -0.4 is 5.32 Å². The molecule has 2 aromatic rings. The average Bonchev–Trinajstić information content (AvgIpc) is 3.48. The van der Waals surface area contributed by atoms with Gasteiger partial charge in [-0.05, 0) is 37.0 Å². The largest absolute Gasteiger partial charge is 0.467 e. The third kappa shape index (κ3) is 5.26. The molecule has 1 unspecified atom stereocenters. The number of nitrogens with one attached hydrogen (secondary N) is 1. The molecule has 1 N–H and O–H groups in total. The van der Waals surface area contributed by atoms with Gasteiger partial charge in [0.2, 0.25) is 5.91 Å². The number of carbonyl (C=O) groups excluding carboxylic acids is 2. The van der Waals surface area contributed by atoms with Crippen molar-refractivity contribution in [2.45, 2.75) is 32.9 Å². The maximum atomic E-state index is 13.1. The molecule has 1 aromatic carbocycles. The fraction of sp³-hybridized carbons (Fsp3) is 0.320. The molecular formula is C25H27N3O5S. The van der Waals surface area contributed by atoms with Crippen molar-refractivity contribution in [2.75, 3.05) is 20.3 Å². The molecule has 2 aliphatic heterocycles. The van der Waals surface area contributed by atoms with Crippen LogP contribution in [0.2, 0.25) is 0 Å². The highest BCUT2D eigenvalue weighted by molar-refractivity contribution is 8.16. The second-order valence-corrected chi connectivity index (χ2v) is 8.80. The number of aliphatic imine (C=N–C) groups is 1. The number of hydrogen-bond donors (Lipinski definition) is 1. The van der Waals surface area contributed by atoms with Gasteiger partial charge in [-0.1, -0.05) is 41.6 Å². The fourth-order valence-electron chi connectivity index (χ4n) is 3.82. The summed E-state index contributed by atoms with van der Waals surface area (Å²) in [4.78, 5) is 32.5. The number of aryl methyl sites for hydroxylation is 1. The maximum Gasteiger partial charge on any atom is 0.338 e. The number of rotatable bonds is 9. The van der Waals surface area contributed by atoms with E-state index >= 15 is 0 Å². The molecule has 0 saturated heterocycles. The van der Waals surface area contributed by atoms with Gasteiger partial charge in [0.1, 0.15) is 12.4 Å². The van der Waals surface area contributed by atoms with Crippen LogP contribution in [-0.4, -0.2) is 42.3 Å². The van der Waals surface area contributed by atoms with Gasteiger partial charge in [0.15, 0.2) is 5.17 Å². The summed E-state index contributed by atoms with van der Waals surface area (Å²) >= 11 is 1.44. The van der Waals surface area contributed by atoms with Crippen molar-refractivity contribution in [1.82, 2.24) is 10.2 Å². The van der Waals surface area contributed by atoms with Gasteiger partial charge < -0.3 is 24.1 Å². The van der Waals surface area contributed by atoms with E-state index in [4.69, 9.17) is 13.9 Å². The van der Waals surface area contributed by atoms with Crippen molar-refractivity contribution >= 4 is 28.8 Å². The number of allylic oxidation sites excluding steroid dienone is 1. The maximum absolute atomic E-state index is 13.1. The Morgan fingerprint density at radius 3 is 2.68 bits per heavy atom. The number of amides is 1. The highest BCUT2D eigenvalue weighted by Gasteiger charge is 2.41. The van der Waals surface area contributed by atoms with Gasteiger partial charge in [-0.25, -0.2) is 9.79 Å².